The smallest absolute Gasteiger partial charge is 0.0556 e. The first kappa shape index (κ1) is 10.1. The van der Waals surface area contributed by atoms with Gasteiger partial charge in [0.05, 0.1) is 11.9 Å². The minimum Gasteiger partial charge on any atom is -0.369 e. The van der Waals surface area contributed by atoms with Crippen molar-refractivity contribution in [3.63, 3.8) is 0 Å². The van der Waals surface area contributed by atoms with Crippen LogP contribution in [0.1, 0.15) is 44.6 Å². The van der Waals surface area contributed by atoms with Gasteiger partial charge in [0.25, 0.3) is 0 Å². The average Bonchev–Trinajstić information content (AvgIpc) is 2.14. The molecular formula is C14H20N2. The van der Waals surface area contributed by atoms with Crippen molar-refractivity contribution in [2.75, 3.05) is 18.0 Å². The van der Waals surface area contributed by atoms with Crippen LogP contribution in [0, 0.1) is 5.41 Å². The van der Waals surface area contributed by atoms with Gasteiger partial charge in [-0.2, -0.15) is 0 Å². The standard InChI is InChI=1S/C14H20N2/c1-11(2)12-6-13(8-15-7-12)16-9-14(10-16)4-3-5-14/h6-8,11H,3-5,9-10H2,1-2H3. The molecule has 1 aromatic rings. The Kier molecular flexibility index (Phi) is 2.20. The molecule has 0 N–H and O–H groups in total. The third kappa shape index (κ3) is 1.51. The molecule has 0 unspecified atom stereocenters. The molecule has 2 heteroatoms. The molecule has 1 aromatic heterocycles. The zero-order chi connectivity index (χ0) is 11.2. The fraction of sp³-hybridized carbons (Fsp3) is 0.643. The Hall–Kier alpha value is -1.05. The lowest BCUT2D eigenvalue weighted by Gasteiger charge is -2.57. The summed E-state index contributed by atoms with van der Waals surface area (Å²) >= 11 is 0. The Morgan fingerprint density at radius 1 is 1.25 bits per heavy atom. The van der Waals surface area contributed by atoms with Crippen LogP contribution in [0.3, 0.4) is 0 Å². The van der Waals surface area contributed by atoms with Crippen molar-refractivity contribution < 1.29 is 0 Å². The Morgan fingerprint density at radius 2 is 2.00 bits per heavy atom. The van der Waals surface area contributed by atoms with Crippen LogP contribution in [-0.2, 0) is 0 Å². The summed E-state index contributed by atoms with van der Waals surface area (Å²) in [5.41, 5.74) is 3.38. The Bertz CT molecular complexity index is 385. The molecule has 3 rings (SSSR count). The van der Waals surface area contributed by atoms with E-state index in [1.54, 1.807) is 0 Å². The highest BCUT2D eigenvalue weighted by Gasteiger charge is 2.47. The Balaban J connectivity index is 1.73. The fourth-order valence-corrected chi connectivity index (χ4v) is 2.87. The van der Waals surface area contributed by atoms with E-state index in [0.717, 1.165) is 0 Å². The number of hydrogen-bond acceptors (Lipinski definition) is 2. The van der Waals surface area contributed by atoms with Crippen molar-refractivity contribution >= 4 is 5.69 Å². The molecular weight excluding hydrogens is 196 g/mol. The van der Waals surface area contributed by atoms with E-state index in [4.69, 9.17) is 0 Å². The quantitative estimate of drug-likeness (QED) is 0.754. The summed E-state index contributed by atoms with van der Waals surface area (Å²) in [7, 11) is 0. The van der Waals surface area contributed by atoms with Gasteiger partial charge in [0.15, 0.2) is 0 Å². The maximum Gasteiger partial charge on any atom is 0.0556 e. The second-order valence-electron chi connectivity index (χ2n) is 5.84. The van der Waals surface area contributed by atoms with Gasteiger partial charge in [0, 0.05) is 24.7 Å². The van der Waals surface area contributed by atoms with Gasteiger partial charge >= 0.3 is 0 Å². The van der Waals surface area contributed by atoms with Crippen molar-refractivity contribution in [3.8, 4) is 0 Å². The van der Waals surface area contributed by atoms with Crippen LogP contribution in [-0.4, -0.2) is 18.1 Å². The van der Waals surface area contributed by atoms with Crippen molar-refractivity contribution in [2.45, 2.75) is 39.0 Å². The zero-order valence-corrected chi connectivity index (χ0v) is 10.2. The van der Waals surface area contributed by atoms with Crippen LogP contribution >= 0.6 is 0 Å². The van der Waals surface area contributed by atoms with Crippen molar-refractivity contribution in [1.82, 2.24) is 4.98 Å². The Morgan fingerprint density at radius 3 is 2.56 bits per heavy atom. The molecule has 1 aliphatic carbocycles. The maximum absolute atomic E-state index is 4.36. The summed E-state index contributed by atoms with van der Waals surface area (Å²) in [6, 6.07) is 2.31. The van der Waals surface area contributed by atoms with Gasteiger partial charge in [0.2, 0.25) is 0 Å². The summed E-state index contributed by atoms with van der Waals surface area (Å²) in [5, 5.41) is 0. The summed E-state index contributed by atoms with van der Waals surface area (Å²) < 4.78 is 0. The van der Waals surface area contributed by atoms with Gasteiger partial charge in [-0.3, -0.25) is 4.98 Å². The number of nitrogens with zero attached hydrogens (tertiary/aromatic N) is 2. The molecule has 2 fully saturated rings. The van der Waals surface area contributed by atoms with Crippen LogP contribution in [0.4, 0.5) is 5.69 Å². The van der Waals surface area contributed by atoms with E-state index in [0.29, 0.717) is 11.3 Å². The molecule has 0 radical (unpaired) electrons. The SMILES string of the molecule is CC(C)c1cncc(N2CC3(CCC3)C2)c1. The lowest BCUT2D eigenvalue weighted by Crippen LogP contribution is -2.59. The van der Waals surface area contributed by atoms with Gasteiger partial charge in [0.1, 0.15) is 0 Å². The van der Waals surface area contributed by atoms with Crippen LogP contribution in [0.25, 0.3) is 0 Å². The summed E-state index contributed by atoms with van der Waals surface area (Å²) in [6.45, 7) is 6.97. The number of hydrogen-bond donors (Lipinski definition) is 0. The third-order valence-corrected chi connectivity index (χ3v) is 4.24. The maximum atomic E-state index is 4.36. The van der Waals surface area contributed by atoms with Gasteiger partial charge < -0.3 is 4.90 Å². The van der Waals surface area contributed by atoms with Crippen LogP contribution in [0.2, 0.25) is 0 Å². The molecule has 86 valence electrons. The summed E-state index contributed by atoms with van der Waals surface area (Å²) in [6.07, 6.45) is 8.34. The first-order valence-corrected chi connectivity index (χ1v) is 6.38. The minimum absolute atomic E-state index is 0.575. The van der Waals surface area contributed by atoms with E-state index in [1.165, 1.54) is 43.6 Å². The molecule has 16 heavy (non-hydrogen) atoms. The lowest BCUT2D eigenvalue weighted by atomic mass is 9.63. The molecule has 1 aliphatic heterocycles. The molecule has 2 heterocycles. The summed E-state index contributed by atoms with van der Waals surface area (Å²) in [4.78, 5) is 6.84. The third-order valence-electron chi connectivity index (χ3n) is 4.24. The van der Waals surface area contributed by atoms with Crippen molar-refractivity contribution in [1.29, 1.82) is 0 Å². The normalized spacial score (nSPS) is 22.1. The number of pyridine rings is 1. The predicted molar refractivity (Wildman–Crippen MR) is 66.8 cm³/mol. The Labute approximate surface area is 97.7 Å². The highest BCUT2D eigenvalue weighted by Crippen LogP contribution is 2.49. The fourth-order valence-electron chi connectivity index (χ4n) is 2.87. The number of aromatic nitrogens is 1. The van der Waals surface area contributed by atoms with E-state index in [9.17, 15) is 0 Å². The topological polar surface area (TPSA) is 16.1 Å². The second-order valence-corrected chi connectivity index (χ2v) is 5.84. The number of anilines is 1. The van der Waals surface area contributed by atoms with Gasteiger partial charge in [-0.25, -0.2) is 0 Å². The molecule has 1 saturated carbocycles. The molecule has 0 atom stereocenters. The molecule has 2 nitrogen and oxygen atoms in total. The summed E-state index contributed by atoms with van der Waals surface area (Å²) in [5.74, 6) is 0.575. The largest absolute Gasteiger partial charge is 0.369 e. The van der Waals surface area contributed by atoms with Gasteiger partial charge in [-0.1, -0.05) is 20.3 Å². The zero-order valence-electron chi connectivity index (χ0n) is 10.2. The monoisotopic (exact) mass is 216 g/mol. The first-order valence-electron chi connectivity index (χ1n) is 6.38. The van der Waals surface area contributed by atoms with E-state index in [2.05, 4.69) is 29.8 Å². The van der Waals surface area contributed by atoms with E-state index < -0.39 is 0 Å². The molecule has 0 aromatic carbocycles. The molecule has 2 aliphatic rings. The number of rotatable bonds is 2. The lowest BCUT2D eigenvalue weighted by molar-refractivity contribution is 0.0903. The van der Waals surface area contributed by atoms with Gasteiger partial charge in [-0.05, 0) is 30.4 Å². The first-order chi connectivity index (χ1) is 7.69. The molecule has 1 saturated heterocycles. The van der Waals surface area contributed by atoms with Crippen molar-refractivity contribution in [3.05, 3.63) is 24.0 Å². The molecule has 0 amide bonds. The van der Waals surface area contributed by atoms with E-state index in [1.807, 2.05) is 12.4 Å². The highest BCUT2D eigenvalue weighted by molar-refractivity contribution is 5.50. The molecule has 1 spiro atoms. The second kappa shape index (κ2) is 3.47. The van der Waals surface area contributed by atoms with Crippen molar-refractivity contribution in [2.24, 2.45) is 5.41 Å². The van der Waals surface area contributed by atoms with Gasteiger partial charge in [-0.15, -0.1) is 0 Å². The van der Waals surface area contributed by atoms with Crippen LogP contribution in [0.15, 0.2) is 18.5 Å². The van der Waals surface area contributed by atoms with Crippen LogP contribution in [0.5, 0.6) is 0 Å². The predicted octanol–water partition coefficient (Wildman–Crippen LogP) is 3.20. The minimum atomic E-state index is 0.575. The average molecular weight is 216 g/mol. The highest BCUT2D eigenvalue weighted by atomic mass is 15.2. The van der Waals surface area contributed by atoms with Crippen LogP contribution < -0.4 is 4.90 Å². The molecule has 0 bridgehead atoms. The van der Waals surface area contributed by atoms with E-state index in [-0.39, 0.29) is 0 Å². The van der Waals surface area contributed by atoms with E-state index >= 15 is 0 Å².